The molecule has 4 aromatic rings. The number of imidazole rings is 1. The Morgan fingerprint density at radius 3 is 2.72 bits per heavy atom. The molecule has 1 aliphatic heterocycles. The van der Waals surface area contributed by atoms with Crippen LogP contribution in [0.1, 0.15) is 34.9 Å². The predicted molar refractivity (Wildman–Crippen MR) is 122 cm³/mol. The summed E-state index contributed by atoms with van der Waals surface area (Å²) in [5.74, 6) is 0.280. The summed E-state index contributed by atoms with van der Waals surface area (Å²) in [6, 6.07) is 14.9. The Kier molecular flexibility index (Phi) is 5.18. The zero-order valence-electron chi connectivity index (χ0n) is 17.4. The summed E-state index contributed by atoms with van der Waals surface area (Å²) in [6.07, 6.45) is 3.21. The number of aromatic nitrogens is 3. The molecule has 3 N–H and O–H groups in total. The van der Waals surface area contributed by atoms with E-state index in [1.54, 1.807) is 23.1 Å². The van der Waals surface area contributed by atoms with Crippen LogP contribution in [0.4, 0.5) is 0 Å². The highest BCUT2D eigenvalue weighted by Crippen LogP contribution is 2.26. The number of pyridine rings is 1. The maximum absolute atomic E-state index is 12.8. The monoisotopic (exact) mass is 429 g/mol. The van der Waals surface area contributed by atoms with Crippen molar-refractivity contribution in [2.45, 2.75) is 18.8 Å². The number of nitrogens with one attached hydrogen (secondary N) is 3. The molecular formula is C24H23N5O3. The van der Waals surface area contributed by atoms with Crippen LogP contribution >= 0.6 is 0 Å². The van der Waals surface area contributed by atoms with Crippen molar-refractivity contribution in [2.24, 2.45) is 0 Å². The second-order valence-corrected chi connectivity index (χ2v) is 8.08. The molecule has 0 bridgehead atoms. The molecule has 5 rings (SSSR count). The minimum absolute atomic E-state index is 0.00436. The summed E-state index contributed by atoms with van der Waals surface area (Å²) < 4.78 is 0. The van der Waals surface area contributed by atoms with Crippen molar-refractivity contribution in [2.75, 3.05) is 19.6 Å². The highest BCUT2D eigenvalue weighted by molar-refractivity contribution is 5.98. The Morgan fingerprint density at radius 2 is 1.88 bits per heavy atom. The summed E-state index contributed by atoms with van der Waals surface area (Å²) in [7, 11) is 0. The fourth-order valence-electron chi connectivity index (χ4n) is 4.29. The normalized spacial score (nSPS) is 16.4. The number of benzene rings is 2. The molecule has 1 saturated heterocycles. The standard InChI is InChI=1S/C24H23N5O3/c30-21(13-26-24(32)17-12-25-18-8-2-1-7-16(18)22(17)31)29-11-5-6-15(14-29)23-27-19-9-3-4-10-20(19)28-23/h1-4,7-10,12,15H,5-6,11,13-14H2,(H,25,31)(H,26,32)(H,27,28)/t15-/m0/s1. The molecule has 3 heterocycles. The maximum Gasteiger partial charge on any atom is 0.257 e. The molecule has 0 spiro atoms. The maximum atomic E-state index is 12.8. The smallest absolute Gasteiger partial charge is 0.257 e. The van der Waals surface area contributed by atoms with Crippen molar-refractivity contribution in [3.05, 3.63) is 76.3 Å². The summed E-state index contributed by atoms with van der Waals surface area (Å²) in [4.78, 5) is 50.7. The van der Waals surface area contributed by atoms with Crippen molar-refractivity contribution in [1.29, 1.82) is 0 Å². The van der Waals surface area contributed by atoms with Crippen LogP contribution in [-0.2, 0) is 4.79 Å². The SMILES string of the molecule is O=C(NCC(=O)N1CCC[C@H](c2nc3ccccc3[nH]2)C1)c1c[nH]c2ccccc2c1=O. The van der Waals surface area contributed by atoms with Gasteiger partial charge in [0.15, 0.2) is 0 Å². The number of amides is 2. The molecule has 2 aromatic heterocycles. The number of fused-ring (bicyclic) bond motifs is 2. The van der Waals surface area contributed by atoms with E-state index in [-0.39, 0.29) is 29.4 Å². The van der Waals surface area contributed by atoms with E-state index >= 15 is 0 Å². The number of piperidine rings is 1. The van der Waals surface area contributed by atoms with Crippen LogP contribution in [0, 0.1) is 0 Å². The summed E-state index contributed by atoms with van der Waals surface area (Å²) in [6.45, 7) is 1.03. The first kappa shape index (κ1) is 20.0. The summed E-state index contributed by atoms with van der Waals surface area (Å²) >= 11 is 0. The van der Waals surface area contributed by atoms with Gasteiger partial charge in [0.25, 0.3) is 5.91 Å². The summed E-state index contributed by atoms with van der Waals surface area (Å²) in [5, 5.41) is 3.04. The van der Waals surface area contributed by atoms with E-state index in [4.69, 9.17) is 0 Å². The van der Waals surface area contributed by atoms with Crippen molar-refractivity contribution in [3.63, 3.8) is 0 Å². The van der Waals surface area contributed by atoms with E-state index in [1.165, 1.54) is 6.20 Å². The van der Waals surface area contributed by atoms with Crippen LogP contribution in [0.3, 0.4) is 0 Å². The fourth-order valence-corrected chi connectivity index (χ4v) is 4.29. The van der Waals surface area contributed by atoms with Crippen LogP contribution < -0.4 is 10.7 Å². The van der Waals surface area contributed by atoms with Crippen LogP contribution in [0.15, 0.2) is 59.5 Å². The number of carbonyl (C=O) groups excluding carboxylic acids is 2. The molecule has 0 saturated carbocycles. The van der Waals surface area contributed by atoms with Crippen molar-refractivity contribution >= 4 is 33.8 Å². The van der Waals surface area contributed by atoms with Gasteiger partial charge in [0.1, 0.15) is 11.4 Å². The number of likely N-dealkylation sites (tertiary alicyclic amines) is 1. The molecule has 2 amide bonds. The van der Waals surface area contributed by atoms with E-state index in [2.05, 4.69) is 20.3 Å². The lowest BCUT2D eigenvalue weighted by atomic mass is 9.97. The van der Waals surface area contributed by atoms with Gasteiger partial charge in [0.05, 0.1) is 17.6 Å². The third kappa shape index (κ3) is 3.75. The topological polar surface area (TPSA) is 111 Å². The van der Waals surface area contributed by atoms with E-state index in [0.717, 1.165) is 29.7 Å². The third-order valence-electron chi connectivity index (χ3n) is 6.00. The molecule has 8 nitrogen and oxygen atoms in total. The number of rotatable bonds is 4. The first-order chi connectivity index (χ1) is 15.6. The number of para-hydroxylation sites is 3. The van der Waals surface area contributed by atoms with Crippen molar-refractivity contribution < 1.29 is 9.59 Å². The number of carbonyl (C=O) groups is 2. The van der Waals surface area contributed by atoms with Crippen LogP contribution in [0.5, 0.6) is 0 Å². The van der Waals surface area contributed by atoms with Gasteiger partial charge in [-0.25, -0.2) is 4.98 Å². The molecule has 1 aliphatic rings. The highest BCUT2D eigenvalue weighted by Gasteiger charge is 2.27. The van der Waals surface area contributed by atoms with Gasteiger partial charge in [-0.3, -0.25) is 14.4 Å². The number of hydrogen-bond donors (Lipinski definition) is 3. The first-order valence-electron chi connectivity index (χ1n) is 10.7. The average molecular weight is 429 g/mol. The zero-order valence-corrected chi connectivity index (χ0v) is 17.4. The second kappa shape index (κ2) is 8.30. The Morgan fingerprint density at radius 1 is 1.09 bits per heavy atom. The minimum Gasteiger partial charge on any atom is -0.360 e. The highest BCUT2D eigenvalue weighted by atomic mass is 16.2. The van der Waals surface area contributed by atoms with E-state index in [0.29, 0.717) is 24.0 Å². The molecule has 1 atom stereocenters. The van der Waals surface area contributed by atoms with Gasteiger partial charge in [0, 0.05) is 36.1 Å². The molecule has 0 aliphatic carbocycles. The van der Waals surface area contributed by atoms with Gasteiger partial charge in [-0.05, 0) is 37.1 Å². The molecule has 2 aromatic carbocycles. The number of hydrogen-bond acceptors (Lipinski definition) is 4. The molecule has 1 fully saturated rings. The lowest BCUT2D eigenvalue weighted by Gasteiger charge is -2.32. The molecular weight excluding hydrogens is 406 g/mol. The van der Waals surface area contributed by atoms with Gasteiger partial charge in [-0.2, -0.15) is 0 Å². The van der Waals surface area contributed by atoms with Crippen LogP contribution in [0.25, 0.3) is 21.9 Å². The van der Waals surface area contributed by atoms with Gasteiger partial charge < -0.3 is 20.2 Å². The molecule has 162 valence electrons. The fraction of sp³-hybridized carbons (Fsp3) is 0.250. The Bertz CT molecular complexity index is 1340. The van der Waals surface area contributed by atoms with E-state index in [1.807, 2.05) is 30.3 Å². The van der Waals surface area contributed by atoms with E-state index in [9.17, 15) is 14.4 Å². The second-order valence-electron chi connectivity index (χ2n) is 8.08. The van der Waals surface area contributed by atoms with Crippen LogP contribution in [0.2, 0.25) is 0 Å². The van der Waals surface area contributed by atoms with Gasteiger partial charge >= 0.3 is 0 Å². The Balaban J connectivity index is 1.24. The Hall–Kier alpha value is -3.94. The minimum atomic E-state index is -0.559. The quantitative estimate of drug-likeness (QED) is 0.463. The lowest BCUT2D eigenvalue weighted by Crippen LogP contribution is -2.45. The molecule has 8 heteroatoms. The molecule has 0 radical (unpaired) electrons. The summed E-state index contributed by atoms with van der Waals surface area (Å²) in [5.41, 5.74) is 2.20. The number of aromatic amines is 2. The molecule has 32 heavy (non-hydrogen) atoms. The van der Waals surface area contributed by atoms with Gasteiger partial charge in [-0.1, -0.05) is 24.3 Å². The third-order valence-corrected chi connectivity index (χ3v) is 6.00. The van der Waals surface area contributed by atoms with Crippen LogP contribution in [-0.4, -0.2) is 51.3 Å². The molecule has 0 unspecified atom stereocenters. The number of nitrogens with zero attached hydrogens (tertiary/aromatic N) is 2. The largest absolute Gasteiger partial charge is 0.360 e. The predicted octanol–water partition coefficient (Wildman–Crippen LogP) is 2.54. The number of H-pyrrole nitrogens is 2. The average Bonchev–Trinajstić information content (AvgIpc) is 3.27. The van der Waals surface area contributed by atoms with Crippen molar-refractivity contribution in [1.82, 2.24) is 25.2 Å². The van der Waals surface area contributed by atoms with Crippen molar-refractivity contribution in [3.8, 4) is 0 Å². The first-order valence-corrected chi connectivity index (χ1v) is 10.7. The Labute approximate surface area is 183 Å². The zero-order chi connectivity index (χ0) is 22.1. The lowest BCUT2D eigenvalue weighted by molar-refractivity contribution is -0.131. The van der Waals surface area contributed by atoms with Gasteiger partial charge in [-0.15, -0.1) is 0 Å². The van der Waals surface area contributed by atoms with Gasteiger partial charge in [0.2, 0.25) is 11.3 Å². The van der Waals surface area contributed by atoms with E-state index < -0.39 is 5.91 Å².